The zero-order valence-electron chi connectivity index (χ0n) is 10.2. The molecular weight excluding hydrogens is 208 g/mol. The summed E-state index contributed by atoms with van der Waals surface area (Å²) in [6.45, 7) is 4.61. The third-order valence-electron chi connectivity index (χ3n) is 3.84. The van der Waals surface area contributed by atoms with Crippen molar-refractivity contribution >= 4 is 10.9 Å². The highest BCUT2D eigenvalue weighted by atomic mass is 14.9. The van der Waals surface area contributed by atoms with Crippen LogP contribution in [0.2, 0.25) is 0 Å². The molecule has 1 fully saturated rings. The fourth-order valence-electron chi connectivity index (χ4n) is 2.83. The first kappa shape index (κ1) is 10.7. The Morgan fingerprint density at radius 1 is 1.29 bits per heavy atom. The number of pyridine rings is 1. The summed E-state index contributed by atoms with van der Waals surface area (Å²) in [7, 11) is 0. The minimum absolute atomic E-state index is 0.695. The number of hydrogen-bond acceptors (Lipinski definition) is 2. The van der Waals surface area contributed by atoms with Crippen LogP contribution in [0.25, 0.3) is 10.9 Å². The van der Waals surface area contributed by atoms with Crippen molar-refractivity contribution in [1.29, 1.82) is 0 Å². The summed E-state index contributed by atoms with van der Waals surface area (Å²) in [5.74, 6) is 1.42. The summed E-state index contributed by atoms with van der Waals surface area (Å²) in [5, 5.41) is 4.72. The van der Waals surface area contributed by atoms with E-state index in [1.807, 2.05) is 12.3 Å². The van der Waals surface area contributed by atoms with Crippen LogP contribution in [0.5, 0.6) is 0 Å². The van der Waals surface area contributed by atoms with Crippen molar-refractivity contribution in [2.24, 2.45) is 5.92 Å². The maximum Gasteiger partial charge on any atom is 0.0702 e. The zero-order chi connectivity index (χ0) is 11.7. The molecule has 1 N–H and O–H groups in total. The van der Waals surface area contributed by atoms with E-state index in [1.54, 1.807) is 0 Å². The largest absolute Gasteiger partial charge is 0.316 e. The predicted molar refractivity (Wildman–Crippen MR) is 71.1 cm³/mol. The van der Waals surface area contributed by atoms with E-state index < -0.39 is 0 Å². The number of hydrogen-bond donors (Lipinski definition) is 1. The van der Waals surface area contributed by atoms with Gasteiger partial charge in [-0.1, -0.05) is 19.1 Å². The molecule has 0 amide bonds. The maximum absolute atomic E-state index is 4.37. The van der Waals surface area contributed by atoms with Crippen LogP contribution in [0.1, 0.15) is 24.8 Å². The number of piperidine rings is 1. The van der Waals surface area contributed by atoms with Gasteiger partial charge in [-0.25, -0.2) is 0 Å². The first-order chi connectivity index (χ1) is 8.34. The summed E-state index contributed by atoms with van der Waals surface area (Å²) < 4.78 is 0. The van der Waals surface area contributed by atoms with Crippen molar-refractivity contribution in [3.63, 3.8) is 0 Å². The highest BCUT2D eigenvalue weighted by Gasteiger charge is 2.22. The third-order valence-corrected chi connectivity index (χ3v) is 3.84. The lowest BCUT2D eigenvalue weighted by Crippen LogP contribution is -2.33. The molecule has 2 atom stereocenters. The van der Waals surface area contributed by atoms with Gasteiger partial charge in [-0.2, -0.15) is 0 Å². The average Bonchev–Trinajstić information content (AvgIpc) is 2.39. The molecule has 2 heteroatoms. The van der Waals surface area contributed by atoms with Gasteiger partial charge in [-0.15, -0.1) is 0 Å². The fraction of sp³-hybridized carbons (Fsp3) is 0.400. The highest BCUT2D eigenvalue weighted by molar-refractivity contribution is 5.79. The molecule has 2 heterocycles. The Morgan fingerprint density at radius 3 is 3.12 bits per heavy atom. The van der Waals surface area contributed by atoms with Crippen molar-refractivity contribution < 1.29 is 0 Å². The minimum atomic E-state index is 0.695. The van der Waals surface area contributed by atoms with Crippen LogP contribution in [0.3, 0.4) is 0 Å². The molecule has 88 valence electrons. The van der Waals surface area contributed by atoms with Gasteiger partial charge in [0, 0.05) is 11.6 Å². The molecule has 2 aromatic rings. The van der Waals surface area contributed by atoms with Crippen LogP contribution in [0, 0.1) is 5.92 Å². The molecule has 0 aliphatic carbocycles. The number of aromatic nitrogens is 1. The van der Waals surface area contributed by atoms with Crippen molar-refractivity contribution in [1.82, 2.24) is 10.3 Å². The second kappa shape index (κ2) is 4.46. The molecule has 1 saturated heterocycles. The lowest BCUT2D eigenvalue weighted by molar-refractivity contribution is 0.350. The molecular formula is C15H18N2. The molecule has 1 aliphatic heterocycles. The predicted octanol–water partition coefficient (Wildman–Crippen LogP) is 2.95. The monoisotopic (exact) mass is 226 g/mol. The molecule has 1 aromatic heterocycles. The second-order valence-corrected chi connectivity index (χ2v) is 5.03. The number of fused-ring (bicyclic) bond motifs is 1. The summed E-state index contributed by atoms with van der Waals surface area (Å²) in [6, 6.07) is 10.9. The molecule has 0 bridgehead atoms. The molecule has 0 spiro atoms. The molecule has 2 unspecified atom stereocenters. The fourth-order valence-corrected chi connectivity index (χ4v) is 2.83. The van der Waals surface area contributed by atoms with Crippen molar-refractivity contribution in [3.8, 4) is 0 Å². The van der Waals surface area contributed by atoms with Crippen LogP contribution >= 0.6 is 0 Å². The molecule has 1 aliphatic rings. The van der Waals surface area contributed by atoms with Crippen LogP contribution in [0.15, 0.2) is 36.5 Å². The Hall–Kier alpha value is -1.41. The third kappa shape index (κ3) is 2.05. The SMILES string of the molecule is CC1CNCCC1c1ccc2ncccc2c1. The molecule has 3 rings (SSSR count). The van der Waals surface area contributed by atoms with Crippen LogP contribution in [-0.4, -0.2) is 18.1 Å². The first-order valence-electron chi connectivity index (χ1n) is 6.40. The number of rotatable bonds is 1. The maximum atomic E-state index is 4.37. The Bertz CT molecular complexity index is 521. The van der Waals surface area contributed by atoms with E-state index in [2.05, 4.69) is 41.5 Å². The van der Waals surface area contributed by atoms with Gasteiger partial charge in [-0.3, -0.25) is 4.98 Å². The van der Waals surface area contributed by atoms with E-state index in [9.17, 15) is 0 Å². The van der Waals surface area contributed by atoms with E-state index in [0.717, 1.165) is 24.5 Å². The van der Waals surface area contributed by atoms with Gasteiger partial charge in [0.05, 0.1) is 5.52 Å². The van der Waals surface area contributed by atoms with Gasteiger partial charge < -0.3 is 5.32 Å². The molecule has 0 saturated carbocycles. The van der Waals surface area contributed by atoms with Crippen molar-refractivity contribution in [3.05, 3.63) is 42.1 Å². The van der Waals surface area contributed by atoms with Gasteiger partial charge >= 0.3 is 0 Å². The smallest absolute Gasteiger partial charge is 0.0702 e. The van der Waals surface area contributed by atoms with Gasteiger partial charge in [0.15, 0.2) is 0 Å². The lowest BCUT2D eigenvalue weighted by atomic mass is 9.82. The first-order valence-corrected chi connectivity index (χ1v) is 6.40. The Kier molecular flexibility index (Phi) is 2.81. The van der Waals surface area contributed by atoms with Crippen molar-refractivity contribution in [2.75, 3.05) is 13.1 Å². The highest BCUT2D eigenvalue weighted by Crippen LogP contribution is 2.31. The summed E-state index contributed by atoms with van der Waals surface area (Å²) in [5.41, 5.74) is 2.57. The summed E-state index contributed by atoms with van der Waals surface area (Å²) in [4.78, 5) is 4.37. The minimum Gasteiger partial charge on any atom is -0.316 e. The van der Waals surface area contributed by atoms with Gasteiger partial charge in [0.1, 0.15) is 0 Å². The van der Waals surface area contributed by atoms with Crippen molar-refractivity contribution in [2.45, 2.75) is 19.3 Å². The van der Waals surface area contributed by atoms with E-state index in [-0.39, 0.29) is 0 Å². The number of benzene rings is 1. The van der Waals surface area contributed by atoms with Gasteiger partial charge in [0.2, 0.25) is 0 Å². The molecule has 1 aromatic carbocycles. The standard InChI is InChI=1S/C15H18N2/c1-11-10-16-8-6-14(11)12-4-5-15-13(9-12)3-2-7-17-15/h2-5,7,9,11,14,16H,6,8,10H2,1H3. The van der Waals surface area contributed by atoms with E-state index >= 15 is 0 Å². The number of nitrogens with one attached hydrogen (secondary N) is 1. The van der Waals surface area contributed by atoms with Gasteiger partial charge in [-0.05, 0) is 55.1 Å². The zero-order valence-corrected chi connectivity index (χ0v) is 10.2. The normalized spacial score (nSPS) is 25.0. The average molecular weight is 226 g/mol. The number of nitrogens with zero attached hydrogens (tertiary/aromatic N) is 1. The van der Waals surface area contributed by atoms with E-state index in [0.29, 0.717) is 5.92 Å². The molecule has 0 radical (unpaired) electrons. The summed E-state index contributed by atoms with van der Waals surface area (Å²) in [6.07, 6.45) is 3.10. The molecule has 2 nitrogen and oxygen atoms in total. The lowest BCUT2D eigenvalue weighted by Gasteiger charge is -2.30. The van der Waals surface area contributed by atoms with E-state index in [4.69, 9.17) is 0 Å². The van der Waals surface area contributed by atoms with Gasteiger partial charge in [0.25, 0.3) is 0 Å². The topological polar surface area (TPSA) is 24.9 Å². The van der Waals surface area contributed by atoms with E-state index in [1.165, 1.54) is 17.4 Å². The summed E-state index contributed by atoms with van der Waals surface area (Å²) >= 11 is 0. The van der Waals surface area contributed by atoms with Crippen LogP contribution < -0.4 is 5.32 Å². The van der Waals surface area contributed by atoms with Crippen LogP contribution in [0.4, 0.5) is 0 Å². The molecule has 17 heavy (non-hydrogen) atoms. The Balaban J connectivity index is 1.99. The Morgan fingerprint density at radius 2 is 2.24 bits per heavy atom. The Labute approximate surface area is 102 Å². The quantitative estimate of drug-likeness (QED) is 0.808. The second-order valence-electron chi connectivity index (χ2n) is 5.03. The van der Waals surface area contributed by atoms with Crippen LogP contribution in [-0.2, 0) is 0 Å².